The normalized spacial score (nSPS) is 13.9. The molecule has 0 saturated carbocycles. The van der Waals surface area contributed by atoms with Gasteiger partial charge in [0, 0.05) is 18.3 Å². The summed E-state index contributed by atoms with van der Waals surface area (Å²) in [4.78, 5) is 11.0. The van der Waals surface area contributed by atoms with E-state index in [0.717, 1.165) is 28.3 Å². The van der Waals surface area contributed by atoms with Crippen molar-refractivity contribution in [2.75, 3.05) is 24.6 Å². The molecule has 0 bridgehead atoms. The van der Waals surface area contributed by atoms with Crippen LogP contribution in [0.3, 0.4) is 0 Å². The Labute approximate surface area is 122 Å². The van der Waals surface area contributed by atoms with E-state index in [0.29, 0.717) is 13.1 Å². The minimum Gasteiger partial charge on any atom is -0.395 e. The third-order valence-electron chi connectivity index (χ3n) is 3.53. The predicted molar refractivity (Wildman–Crippen MR) is 80.9 cm³/mol. The molecule has 2 heterocycles. The number of aromatic nitrogens is 1. The minimum atomic E-state index is -0.248. The van der Waals surface area contributed by atoms with Gasteiger partial charge in [0.25, 0.3) is 0 Å². The molecule has 0 aliphatic carbocycles. The van der Waals surface area contributed by atoms with Gasteiger partial charge in [-0.3, -0.25) is 0 Å². The Kier molecular flexibility index (Phi) is 3.66. The van der Waals surface area contributed by atoms with E-state index in [1.807, 2.05) is 24.0 Å². The van der Waals surface area contributed by atoms with Gasteiger partial charge in [-0.15, -0.1) is 0 Å². The van der Waals surface area contributed by atoms with Crippen molar-refractivity contribution in [3.05, 3.63) is 53.5 Å². The van der Waals surface area contributed by atoms with Crippen LogP contribution in [0.4, 0.5) is 15.9 Å². The average molecular weight is 285 g/mol. The maximum Gasteiger partial charge on any atom is 0.154 e. The van der Waals surface area contributed by atoms with Gasteiger partial charge in [0.05, 0.1) is 18.9 Å². The van der Waals surface area contributed by atoms with E-state index in [2.05, 4.69) is 9.98 Å². The molecule has 1 aromatic heterocycles. The molecule has 0 radical (unpaired) electrons. The largest absolute Gasteiger partial charge is 0.395 e. The highest BCUT2D eigenvalue weighted by atomic mass is 19.1. The second kappa shape index (κ2) is 5.61. The van der Waals surface area contributed by atoms with Crippen LogP contribution in [0.2, 0.25) is 0 Å². The Hall–Kier alpha value is -2.27. The number of aryl methyl sites for hydroxylation is 1. The topological polar surface area (TPSA) is 48.7 Å². The van der Waals surface area contributed by atoms with Crippen LogP contribution in [0.25, 0.3) is 0 Å². The molecule has 1 aliphatic rings. The van der Waals surface area contributed by atoms with Gasteiger partial charge in [-0.25, -0.2) is 14.4 Å². The van der Waals surface area contributed by atoms with Crippen molar-refractivity contribution < 1.29 is 9.50 Å². The number of anilines is 1. The van der Waals surface area contributed by atoms with Crippen LogP contribution in [0.1, 0.15) is 11.1 Å². The smallest absolute Gasteiger partial charge is 0.154 e. The van der Waals surface area contributed by atoms with Gasteiger partial charge in [0.15, 0.2) is 5.82 Å². The number of aliphatic hydroxyl groups excluding tert-OH is 1. The summed E-state index contributed by atoms with van der Waals surface area (Å²) in [6.45, 7) is 2.96. The molecule has 1 aliphatic heterocycles. The van der Waals surface area contributed by atoms with Gasteiger partial charge in [-0.05, 0) is 42.8 Å². The van der Waals surface area contributed by atoms with Crippen LogP contribution in [0, 0.1) is 12.7 Å². The van der Waals surface area contributed by atoms with Crippen molar-refractivity contribution in [1.29, 1.82) is 0 Å². The summed E-state index contributed by atoms with van der Waals surface area (Å²) in [6.07, 6.45) is 1.72. The lowest BCUT2D eigenvalue weighted by Crippen LogP contribution is -2.35. The second-order valence-electron chi connectivity index (χ2n) is 5.01. The Balaban J connectivity index is 2.06. The molecule has 2 aromatic rings. The van der Waals surface area contributed by atoms with E-state index >= 15 is 0 Å². The molecule has 0 amide bonds. The molecule has 0 unspecified atom stereocenters. The number of hydrogen-bond acceptors (Lipinski definition) is 4. The van der Waals surface area contributed by atoms with Crippen molar-refractivity contribution in [3.63, 3.8) is 0 Å². The fourth-order valence-corrected chi connectivity index (χ4v) is 2.56. The third kappa shape index (κ3) is 2.64. The standard InChI is InChI=1S/C16H16FN3O/c1-11-9-12(17)4-5-13(11)15-10-20(7-8-21)16-14(19-15)3-2-6-18-16/h2-6,9,21H,7-8,10H2,1H3. The summed E-state index contributed by atoms with van der Waals surface area (Å²) in [5.41, 5.74) is 3.41. The number of benzene rings is 1. The van der Waals surface area contributed by atoms with E-state index in [9.17, 15) is 9.50 Å². The lowest BCUT2D eigenvalue weighted by atomic mass is 10.0. The van der Waals surface area contributed by atoms with Crippen LogP contribution >= 0.6 is 0 Å². The maximum absolute atomic E-state index is 13.3. The molecule has 5 heteroatoms. The molecule has 0 spiro atoms. The summed E-state index contributed by atoms with van der Waals surface area (Å²) in [6, 6.07) is 8.43. The first kappa shape index (κ1) is 13.7. The molecule has 21 heavy (non-hydrogen) atoms. The zero-order chi connectivity index (χ0) is 14.8. The monoisotopic (exact) mass is 285 g/mol. The molecule has 3 rings (SSSR count). The molecular weight excluding hydrogens is 269 g/mol. The fraction of sp³-hybridized carbons (Fsp3) is 0.250. The lowest BCUT2D eigenvalue weighted by molar-refractivity contribution is 0.303. The lowest BCUT2D eigenvalue weighted by Gasteiger charge is -2.29. The first-order chi connectivity index (χ1) is 10.2. The number of hydrogen-bond donors (Lipinski definition) is 1. The van der Waals surface area contributed by atoms with Crippen molar-refractivity contribution in [3.8, 4) is 0 Å². The summed E-state index contributed by atoms with van der Waals surface area (Å²) in [5.74, 6) is 0.525. The highest BCUT2D eigenvalue weighted by Crippen LogP contribution is 2.31. The van der Waals surface area contributed by atoms with E-state index in [1.54, 1.807) is 12.3 Å². The Morgan fingerprint density at radius 3 is 2.95 bits per heavy atom. The number of pyridine rings is 1. The second-order valence-corrected chi connectivity index (χ2v) is 5.01. The van der Waals surface area contributed by atoms with Gasteiger partial charge in [0.1, 0.15) is 11.5 Å². The van der Waals surface area contributed by atoms with E-state index in [-0.39, 0.29) is 12.4 Å². The van der Waals surface area contributed by atoms with E-state index in [1.165, 1.54) is 12.1 Å². The molecule has 1 N–H and O–H groups in total. The van der Waals surface area contributed by atoms with Gasteiger partial charge in [0.2, 0.25) is 0 Å². The van der Waals surface area contributed by atoms with Gasteiger partial charge >= 0.3 is 0 Å². The van der Waals surface area contributed by atoms with Crippen LogP contribution < -0.4 is 4.90 Å². The van der Waals surface area contributed by atoms with Crippen LogP contribution in [-0.4, -0.2) is 35.5 Å². The third-order valence-corrected chi connectivity index (χ3v) is 3.53. The summed E-state index contributed by atoms with van der Waals surface area (Å²) in [7, 11) is 0. The average Bonchev–Trinajstić information content (AvgIpc) is 2.47. The van der Waals surface area contributed by atoms with Gasteiger partial charge in [-0.1, -0.05) is 0 Å². The molecule has 0 fully saturated rings. The summed E-state index contributed by atoms with van der Waals surface area (Å²) in [5, 5.41) is 9.23. The van der Waals surface area contributed by atoms with Crippen molar-refractivity contribution in [2.45, 2.75) is 6.92 Å². The van der Waals surface area contributed by atoms with Gasteiger partial charge in [-0.2, -0.15) is 0 Å². The molecule has 0 atom stereocenters. The fourth-order valence-electron chi connectivity index (χ4n) is 2.56. The molecule has 0 saturated heterocycles. The highest BCUT2D eigenvalue weighted by Gasteiger charge is 2.21. The van der Waals surface area contributed by atoms with Crippen molar-refractivity contribution >= 4 is 17.2 Å². The van der Waals surface area contributed by atoms with E-state index in [4.69, 9.17) is 0 Å². The number of aliphatic imine (C=N–C) groups is 1. The van der Waals surface area contributed by atoms with Crippen molar-refractivity contribution in [1.82, 2.24) is 4.98 Å². The molecule has 4 nitrogen and oxygen atoms in total. The molecule has 108 valence electrons. The first-order valence-electron chi connectivity index (χ1n) is 6.84. The van der Waals surface area contributed by atoms with Crippen LogP contribution in [0.5, 0.6) is 0 Å². The number of halogens is 1. The quantitative estimate of drug-likeness (QED) is 0.942. The zero-order valence-corrected chi connectivity index (χ0v) is 11.8. The summed E-state index contributed by atoms with van der Waals surface area (Å²) < 4.78 is 13.3. The van der Waals surface area contributed by atoms with Crippen LogP contribution in [-0.2, 0) is 0 Å². The zero-order valence-electron chi connectivity index (χ0n) is 11.8. The van der Waals surface area contributed by atoms with E-state index < -0.39 is 0 Å². The Bertz CT molecular complexity index is 700. The minimum absolute atomic E-state index is 0.0473. The van der Waals surface area contributed by atoms with Gasteiger partial charge < -0.3 is 10.0 Å². The summed E-state index contributed by atoms with van der Waals surface area (Å²) >= 11 is 0. The number of rotatable bonds is 3. The molecular formula is C16H16FN3O. The van der Waals surface area contributed by atoms with Crippen LogP contribution in [0.15, 0.2) is 41.5 Å². The maximum atomic E-state index is 13.3. The Morgan fingerprint density at radius 2 is 2.19 bits per heavy atom. The number of nitrogens with zero attached hydrogens (tertiary/aromatic N) is 3. The number of β-amino-alcohol motifs (C(OH)–C–C–N with tert-alkyl or cyclic N) is 1. The number of fused-ring (bicyclic) bond motifs is 1. The molecule has 1 aromatic carbocycles. The Morgan fingerprint density at radius 1 is 1.33 bits per heavy atom. The predicted octanol–water partition coefficient (Wildman–Crippen LogP) is 2.46. The van der Waals surface area contributed by atoms with Crippen molar-refractivity contribution in [2.24, 2.45) is 4.99 Å². The number of aliphatic hydroxyl groups is 1. The first-order valence-corrected chi connectivity index (χ1v) is 6.84. The SMILES string of the molecule is Cc1cc(F)ccc1C1=Nc2cccnc2N(CCO)C1. The highest BCUT2D eigenvalue weighted by molar-refractivity contribution is 6.08.